The van der Waals surface area contributed by atoms with E-state index in [9.17, 15) is 14.4 Å². The van der Waals surface area contributed by atoms with Crippen LogP contribution in [0.25, 0.3) is 0 Å². The highest BCUT2D eigenvalue weighted by atomic mass is 16.2. The summed E-state index contributed by atoms with van der Waals surface area (Å²) in [5, 5.41) is 2.92. The number of likely N-dealkylation sites (N-methyl/N-ethyl adjacent to an activating group) is 1. The molecule has 0 aliphatic carbocycles. The van der Waals surface area contributed by atoms with Crippen LogP contribution in [0.1, 0.15) is 42.0 Å². The predicted molar refractivity (Wildman–Crippen MR) is 122 cm³/mol. The van der Waals surface area contributed by atoms with Gasteiger partial charge in [-0.05, 0) is 47.7 Å². The molecule has 6 heteroatoms. The molecule has 3 rings (SSSR count). The minimum Gasteiger partial charge on any atom is -0.347 e. The topological polar surface area (TPSA) is 69.7 Å². The number of nitrogens with zero attached hydrogens (tertiary/aromatic N) is 2. The Morgan fingerprint density at radius 1 is 1.10 bits per heavy atom. The molecule has 0 radical (unpaired) electrons. The van der Waals surface area contributed by atoms with E-state index in [4.69, 9.17) is 0 Å². The maximum atomic E-state index is 13.3. The number of benzene rings is 2. The Morgan fingerprint density at radius 2 is 1.84 bits per heavy atom. The normalized spacial score (nSPS) is 15.2. The van der Waals surface area contributed by atoms with Crippen LogP contribution in [0.15, 0.2) is 42.5 Å². The number of hydrogen-bond donors (Lipinski definition) is 1. The molecule has 1 aliphatic rings. The molecule has 0 saturated heterocycles. The molecule has 6 nitrogen and oxygen atoms in total. The van der Waals surface area contributed by atoms with Gasteiger partial charge in [0.25, 0.3) is 0 Å². The Hall–Kier alpha value is -3.15. The highest BCUT2D eigenvalue weighted by Gasteiger charge is 2.35. The van der Waals surface area contributed by atoms with Crippen LogP contribution in [0.2, 0.25) is 0 Å². The summed E-state index contributed by atoms with van der Waals surface area (Å²) in [5.41, 5.74) is 4.75. The fraction of sp³-hybridized carbons (Fsp3) is 0.400. The maximum absolute atomic E-state index is 13.3. The van der Waals surface area contributed by atoms with Gasteiger partial charge in [-0.25, -0.2) is 0 Å². The van der Waals surface area contributed by atoms with Crippen LogP contribution in [0, 0.1) is 6.92 Å². The lowest BCUT2D eigenvalue weighted by molar-refractivity contribution is -0.145. The average Bonchev–Trinajstić information content (AvgIpc) is 2.73. The van der Waals surface area contributed by atoms with Crippen LogP contribution in [-0.2, 0) is 33.8 Å². The average molecular weight is 422 g/mol. The van der Waals surface area contributed by atoms with Gasteiger partial charge in [0.1, 0.15) is 6.04 Å². The number of carbonyl (C=O) groups excluding carboxylic acids is 3. The van der Waals surface area contributed by atoms with Gasteiger partial charge in [-0.2, -0.15) is 0 Å². The van der Waals surface area contributed by atoms with Crippen molar-refractivity contribution >= 4 is 23.4 Å². The predicted octanol–water partition coefficient (Wildman–Crippen LogP) is 3.32. The summed E-state index contributed by atoms with van der Waals surface area (Å²) in [5.74, 6) is -0.170. The minimum absolute atomic E-state index is 0.0218. The van der Waals surface area contributed by atoms with E-state index < -0.39 is 6.04 Å². The molecule has 0 aromatic heterocycles. The van der Waals surface area contributed by atoms with E-state index in [2.05, 4.69) is 5.32 Å². The molecule has 3 amide bonds. The lowest BCUT2D eigenvalue weighted by Crippen LogP contribution is -2.52. The number of hydrogen-bond acceptors (Lipinski definition) is 3. The molecule has 2 aromatic rings. The number of carbonyl (C=O) groups is 3. The van der Waals surface area contributed by atoms with Crippen molar-refractivity contribution in [3.63, 3.8) is 0 Å². The Labute approximate surface area is 184 Å². The monoisotopic (exact) mass is 421 g/mol. The molecule has 0 spiro atoms. The number of aryl methyl sites for hydroxylation is 1. The molecule has 2 aromatic carbocycles. The SMILES string of the molecule is CCCC(=O)Nc1ccc2c(c1)CN(C(=O)Cc1ccccc1C)[C@@H](C(=O)N(C)C)C2. The number of amides is 3. The maximum Gasteiger partial charge on any atom is 0.245 e. The zero-order valence-corrected chi connectivity index (χ0v) is 18.8. The van der Waals surface area contributed by atoms with Gasteiger partial charge in [-0.15, -0.1) is 0 Å². The summed E-state index contributed by atoms with van der Waals surface area (Å²) >= 11 is 0. The summed E-state index contributed by atoms with van der Waals surface area (Å²) < 4.78 is 0. The van der Waals surface area contributed by atoms with Gasteiger partial charge in [0.15, 0.2) is 0 Å². The largest absolute Gasteiger partial charge is 0.347 e. The third-order valence-corrected chi connectivity index (χ3v) is 5.75. The first-order valence-corrected chi connectivity index (χ1v) is 10.8. The van der Waals surface area contributed by atoms with Gasteiger partial charge >= 0.3 is 0 Å². The van der Waals surface area contributed by atoms with E-state index in [0.29, 0.717) is 19.4 Å². The first kappa shape index (κ1) is 22.5. The van der Waals surface area contributed by atoms with E-state index >= 15 is 0 Å². The molecule has 31 heavy (non-hydrogen) atoms. The number of nitrogens with one attached hydrogen (secondary N) is 1. The molecule has 164 valence electrons. The lowest BCUT2D eigenvalue weighted by Gasteiger charge is -2.37. The first-order valence-electron chi connectivity index (χ1n) is 10.8. The summed E-state index contributed by atoms with van der Waals surface area (Å²) in [7, 11) is 3.43. The summed E-state index contributed by atoms with van der Waals surface area (Å²) in [4.78, 5) is 41.4. The van der Waals surface area contributed by atoms with Crippen LogP contribution in [0.3, 0.4) is 0 Å². The van der Waals surface area contributed by atoms with Crippen LogP contribution < -0.4 is 5.32 Å². The van der Waals surface area contributed by atoms with Gasteiger partial charge in [-0.1, -0.05) is 37.3 Å². The second-order valence-corrected chi connectivity index (χ2v) is 8.36. The zero-order chi connectivity index (χ0) is 22.5. The van der Waals surface area contributed by atoms with Crippen molar-refractivity contribution in [1.82, 2.24) is 9.80 Å². The fourth-order valence-electron chi connectivity index (χ4n) is 3.97. The Kier molecular flexibility index (Phi) is 7.10. The molecule has 1 atom stereocenters. The van der Waals surface area contributed by atoms with Crippen molar-refractivity contribution in [1.29, 1.82) is 0 Å². The number of rotatable bonds is 6. The van der Waals surface area contributed by atoms with Crippen LogP contribution in [0.5, 0.6) is 0 Å². The molecule has 1 heterocycles. The number of anilines is 1. The molecule has 0 fully saturated rings. The van der Waals surface area contributed by atoms with Gasteiger partial charge in [0.05, 0.1) is 6.42 Å². The lowest BCUT2D eigenvalue weighted by atomic mass is 9.92. The molecule has 1 aliphatic heterocycles. The second kappa shape index (κ2) is 9.77. The molecular weight excluding hydrogens is 390 g/mol. The van der Waals surface area contributed by atoms with Crippen molar-refractivity contribution in [3.8, 4) is 0 Å². The van der Waals surface area contributed by atoms with Crippen molar-refractivity contribution in [2.45, 2.75) is 52.1 Å². The second-order valence-electron chi connectivity index (χ2n) is 8.36. The minimum atomic E-state index is -0.528. The third-order valence-electron chi connectivity index (χ3n) is 5.75. The van der Waals surface area contributed by atoms with Crippen LogP contribution >= 0.6 is 0 Å². The molecule has 0 saturated carbocycles. The van der Waals surface area contributed by atoms with Crippen LogP contribution in [0.4, 0.5) is 5.69 Å². The van der Waals surface area contributed by atoms with E-state index in [1.54, 1.807) is 23.9 Å². The van der Waals surface area contributed by atoms with E-state index in [1.165, 1.54) is 0 Å². The van der Waals surface area contributed by atoms with Crippen molar-refractivity contribution in [3.05, 3.63) is 64.7 Å². The van der Waals surface area contributed by atoms with E-state index in [0.717, 1.165) is 34.4 Å². The smallest absolute Gasteiger partial charge is 0.245 e. The molecular formula is C25H31N3O3. The summed E-state index contributed by atoms with van der Waals surface area (Å²) in [6.07, 6.45) is 1.98. The highest BCUT2D eigenvalue weighted by Crippen LogP contribution is 2.28. The Balaban J connectivity index is 1.88. The molecule has 0 unspecified atom stereocenters. The first-order chi connectivity index (χ1) is 14.8. The quantitative estimate of drug-likeness (QED) is 0.778. The van der Waals surface area contributed by atoms with Crippen molar-refractivity contribution < 1.29 is 14.4 Å². The highest BCUT2D eigenvalue weighted by molar-refractivity contribution is 5.91. The fourth-order valence-corrected chi connectivity index (χ4v) is 3.97. The third kappa shape index (κ3) is 5.32. The molecule has 0 bridgehead atoms. The van der Waals surface area contributed by atoms with Gasteiger partial charge < -0.3 is 15.1 Å². The zero-order valence-electron chi connectivity index (χ0n) is 18.8. The number of fused-ring (bicyclic) bond motifs is 1. The summed E-state index contributed by atoms with van der Waals surface area (Å²) in [6, 6.07) is 13.0. The van der Waals surface area contributed by atoms with Crippen molar-refractivity contribution in [2.75, 3.05) is 19.4 Å². The van der Waals surface area contributed by atoms with Gasteiger partial charge in [0.2, 0.25) is 17.7 Å². The standard InChI is InChI=1S/C25H31N3O3/c1-5-8-23(29)26-21-12-11-19-14-22(25(31)27(3)4)28(16-20(19)13-21)24(30)15-18-10-7-6-9-17(18)2/h6-7,9-13,22H,5,8,14-16H2,1-4H3,(H,26,29)/t22-/m1/s1. The van der Waals surface area contributed by atoms with Crippen molar-refractivity contribution in [2.24, 2.45) is 0 Å². The van der Waals surface area contributed by atoms with E-state index in [-0.39, 0.29) is 24.1 Å². The van der Waals surface area contributed by atoms with Crippen LogP contribution in [-0.4, -0.2) is 47.7 Å². The van der Waals surface area contributed by atoms with Gasteiger partial charge in [-0.3, -0.25) is 14.4 Å². The Morgan fingerprint density at radius 3 is 2.52 bits per heavy atom. The molecule has 1 N–H and O–H groups in total. The summed E-state index contributed by atoms with van der Waals surface area (Å²) in [6.45, 7) is 4.30. The van der Waals surface area contributed by atoms with E-state index in [1.807, 2.05) is 56.3 Å². The Bertz CT molecular complexity index is 984. The van der Waals surface area contributed by atoms with Gasteiger partial charge in [0, 0.05) is 39.2 Å².